The molecule has 0 aliphatic carbocycles. The summed E-state index contributed by atoms with van der Waals surface area (Å²) in [5.74, 6) is 0.609. The van der Waals surface area contributed by atoms with Crippen molar-refractivity contribution in [3.05, 3.63) is 40.4 Å². The zero-order valence-electron chi connectivity index (χ0n) is 18.2. The fourth-order valence-electron chi connectivity index (χ4n) is 4.86. The van der Waals surface area contributed by atoms with E-state index in [4.69, 9.17) is 4.74 Å². The van der Waals surface area contributed by atoms with Gasteiger partial charge >= 0.3 is 0 Å². The average molecular weight is 413 g/mol. The van der Waals surface area contributed by atoms with Gasteiger partial charge in [-0.15, -0.1) is 0 Å². The number of benzene rings is 1. The second kappa shape index (κ2) is 8.86. The number of nitrogens with zero attached hydrogens (tertiary/aromatic N) is 4. The monoisotopic (exact) mass is 412 g/mol. The summed E-state index contributed by atoms with van der Waals surface area (Å²) in [5.41, 5.74) is 1.52. The number of carbonyl (C=O) groups is 1. The van der Waals surface area contributed by atoms with Crippen LogP contribution >= 0.6 is 0 Å². The lowest BCUT2D eigenvalue weighted by Crippen LogP contribution is -2.49. The Balaban J connectivity index is 1.33. The predicted molar refractivity (Wildman–Crippen MR) is 116 cm³/mol. The topological polar surface area (TPSA) is 67.7 Å². The molecule has 3 heterocycles. The maximum atomic E-state index is 12.8. The number of rotatable bonds is 4. The van der Waals surface area contributed by atoms with Crippen molar-refractivity contribution in [1.29, 1.82) is 0 Å². The first kappa shape index (κ1) is 21.0. The van der Waals surface area contributed by atoms with Gasteiger partial charge < -0.3 is 9.64 Å². The number of morpholine rings is 1. The van der Waals surface area contributed by atoms with Crippen LogP contribution < -0.4 is 5.56 Å². The molecule has 1 aromatic heterocycles. The fourth-order valence-corrected chi connectivity index (χ4v) is 4.86. The van der Waals surface area contributed by atoms with Gasteiger partial charge in [0, 0.05) is 32.7 Å². The predicted octanol–water partition coefficient (Wildman–Crippen LogP) is 2.05. The van der Waals surface area contributed by atoms with E-state index in [2.05, 4.69) is 23.7 Å². The molecule has 7 heteroatoms. The molecule has 0 radical (unpaired) electrons. The minimum atomic E-state index is -0.150. The molecule has 2 fully saturated rings. The molecule has 1 amide bonds. The summed E-state index contributed by atoms with van der Waals surface area (Å²) in [6.45, 7) is 10.8. The van der Waals surface area contributed by atoms with Crippen molar-refractivity contribution in [2.24, 2.45) is 5.92 Å². The summed E-state index contributed by atoms with van der Waals surface area (Å²) in [5, 5.41) is 0.568. The highest BCUT2D eigenvalue weighted by Gasteiger charge is 2.28. The van der Waals surface area contributed by atoms with Crippen molar-refractivity contribution in [2.45, 2.75) is 52.4 Å². The van der Waals surface area contributed by atoms with Crippen LogP contribution in [0, 0.1) is 12.8 Å². The molecule has 0 bridgehead atoms. The Morgan fingerprint density at radius 1 is 1.17 bits per heavy atom. The molecular formula is C23H32N4O3. The number of aryl methyl sites for hydroxylation is 1. The number of fused-ring (bicyclic) bond motifs is 1. The molecule has 2 aromatic rings. The lowest BCUT2D eigenvalue weighted by Gasteiger charge is -2.39. The van der Waals surface area contributed by atoms with Crippen LogP contribution in [0.15, 0.2) is 29.3 Å². The van der Waals surface area contributed by atoms with E-state index in [1.54, 1.807) is 6.07 Å². The van der Waals surface area contributed by atoms with Gasteiger partial charge in [0.15, 0.2) is 0 Å². The van der Waals surface area contributed by atoms with E-state index >= 15 is 0 Å². The number of amides is 1. The molecule has 0 saturated carbocycles. The Kier molecular flexibility index (Phi) is 6.20. The molecule has 1 aromatic carbocycles. The molecule has 30 heavy (non-hydrogen) atoms. The van der Waals surface area contributed by atoms with Crippen LogP contribution in [0.4, 0.5) is 0 Å². The standard InChI is InChI=1S/C23H32N4O3/c1-16-5-4-6-20-22(16)24-15-27(23(20)29)14-21(28)26-9-7-19(8-10-26)13-25-11-17(2)30-18(3)12-25/h4-6,15,17-19H,7-14H2,1-3H3. The molecule has 2 aliphatic rings. The van der Waals surface area contributed by atoms with E-state index < -0.39 is 0 Å². The third kappa shape index (κ3) is 4.57. The summed E-state index contributed by atoms with van der Waals surface area (Å²) >= 11 is 0. The van der Waals surface area contributed by atoms with Gasteiger partial charge in [-0.3, -0.25) is 19.1 Å². The van der Waals surface area contributed by atoms with Crippen LogP contribution in [0.3, 0.4) is 0 Å². The highest BCUT2D eigenvalue weighted by atomic mass is 16.5. The number of aromatic nitrogens is 2. The van der Waals surface area contributed by atoms with Crippen LogP contribution in [0.5, 0.6) is 0 Å². The third-order valence-corrected chi connectivity index (χ3v) is 6.34. The molecule has 7 nitrogen and oxygen atoms in total. The normalized spacial score (nSPS) is 23.8. The van der Waals surface area contributed by atoms with E-state index in [1.165, 1.54) is 10.9 Å². The fraction of sp³-hybridized carbons (Fsp3) is 0.609. The quantitative estimate of drug-likeness (QED) is 0.769. The van der Waals surface area contributed by atoms with Crippen LogP contribution in [-0.2, 0) is 16.1 Å². The van der Waals surface area contributed by atoms with Crippen molar-refractivity contribution in [1.82, 2.24) is 19.4 Å². The zero-order chi connectivity index (χ0) is 21.3. The molecule has 4 rings (SSSR count). The molecule has 0 N–H and O–H groups in total. The number of hydrogen-bond acceptors (Lipinski definition) is 5. The Hall–Kier alpha value is -2.25. The van der Waals surface area contributed by atoms with Gasteiger partial charge in [0.2, 0.25) is 5.91 Å². The minimum absolute atomic E-state index is 0.00188. The first-order valence-electron chi connectivity index (χ1n) is 11.0. The summed E-state index contributed by atoms with van der Waals surface area (Å²) in [6.07, 6.45) is 4.09. The van der Waals surface area contributed by atoms with Gasteiger partial charge in [0.25, 0.3) is 5.56 Å². The average Bonchev–Trinajstić information content (AvgIpc) is 2.70. The van der Waals surface area contributed by atoms with Crippen LogP contribution in [0.25, 0.3) is 10.9 Å². The number of hydrogen-bond donors (Lipinski definition) is 0. The second-order valence-corrected chi connectivity index (χ2v) is 8.95. The van der Waals surface area contributed by atoms with Gasteiger partial charge in [-0.05, 0) is 51.2 Å². The molecular weight excluding hydrogens is 380 g/mol. The van der Waals surface area contributed by atoms with E-state index in [-0.39, 0.29) is 30.2 Å². The smallest absolute Gasteiger partial charge is 0.261 e. The van der Waals surface area contributed by atoms with E-state index in [0.29, 0.717) is 16.8 Å². The van der Waals surface area contributed by atoms with Gasteiger partial charge in [0.1, 0.15) is 6.54 Å². The first-order chi connectivity index (χ1) is 14.4. The van der Waals surface area contributed by atoms with Crippen molar-refractivity contribution in [3.63, 3.8) is 0 Å². The highest BCUT2D eigenvalue weighted by molar-refractivity contribution is 5.81. The number of ether oxygens (including phenoxy) is 1. The largest absolute Gasteiger partial charge is 0.373 e. The summed E-state index contributed by atoms with van der Waals surface area (Å²) in [4.78, 5) is 34.4. The van der Waals surface area contributed by atoms with Crippen LogP contribution in [0.2, 0.25) is 0 Å². The summed E-state index contributed by atoms with van der Waals surface area (Å²) in [6, 6.07) is 5.57. The first-order valence-corrected chi connectivity index (χ1v) is 11.0. The summed E-state index contributed by atoms with van der Waals surface area (Å²) in [7, 11) is 0. The SMILES string of the molecule is Cc1cccc2c(=O)n(CC(=O)N3CCC(CN4CC(C)OC(C)C4)CC3)cnc12. The molecule has 2 saturated heterocycles. The minimum Gasteiger partial charge on any atom is -0.373 e. The number of carbonyl (C=O) groups excluding carboxylic acids is 1. The number of para-hydroxylation sites is 1. The third-order valence-electron chi connectivity index (χ3n) is 6.34. The molecule has 2 unspecified atom stereocenters. The van der Waals surface area contributed by atoms with E-state index in [9.17, 15) is 9.59 Å². The molecule has 2 aliphatic heterocycles. The lowest BCUT2D eigenvalue weighted by molar-refractivity contribution is -0.133. The highest BCUT2D eigenvalue weighted by Crippen LogP contribution is 2.21. The van der Waals surface area contributed by atoms with Crippen molar-refractivity contribution in [3.8, 4) is 0 Å². The summed E-state index contributed by atoms with van der Waals surface area (Å²) < 4.78 is 7.26. The van der Waals surface area contributed by atoms with Gasteiger partial charge in [-0.2, -0.15) is 0 Å². The van der Waals surface area contributed by atoms with Crippen molar-refractivity contribution < 1.29 is 9.53 Å². The molecule has 0 spiro atoms. The number of likely N-dealkylation sites (tertiary alicyclic amines) is 1. The molecule has 162 valence electrons. The van der Waals surface area contributed by atoms with Gasteiger partial charge in [0.05, 0.1) is 29.4 Å². The van der Waals surface area contributed by atoms with Gasteiger partial charge in [-0.1, -0.05) is 12.1 Å². The Bertz CT molecular complexity index is 955. The Morgan fingerprint density at radius 3 is 2.57 bits per heavy atom. The van der Waals surface area contributed by atoms with Crippen molar-refractivity contribution in [2.75, 3.05) is 32.7 Å². The maximum Gasteiger partial charge on any atom is 0.261 e. The Labute approximate surface area is 177 Å². The van der Waals surface area contributed by atoms with E-state index in [1.807, 2.05) is 24.0 Å². The van der Waals surface area contributed by atoms with Crippen molar-refractivity contribution >= 4 is 16.8 Å². The van der Waals surface area contributed by atoms with Crippen LogP contribution in [0.1, 0.15) is 32.3 Å². The van der Waals surface area contributed by atoms with Gasteiger partial charge in [-0.25, -0.2) is 4.98 Å². The van der Waals surface area contributed by atoms with E-state index in [0.717, 1.165) is 51.1 Å². The molecule has 2 atom stereocenters. The zero-order valence-corrected chi connectivity index (χ0v) is 18.2. The lowest BCUT2D eigenvalue weighted by atomic mass is 9.95. The Morgan fingerprint density at radius 2 is 1.87 bits per heavy atom. The van der Waals surface area contributed by atoms with Crippen LogP contribution in [-0.4, -0.2) is 70.2 Å². The maximum absolute atomic E-state index is 12.8. The number of piperidine rings is 1. The second-order valence-electron chi connectivity index (χ2n) is 8.95.